The third-order valence-corrected chi connectivity index (χ3v) is 6.78. The van der Waals surface area contributed by atoms with Gasteiger partial charge >= 0.3 is 0 Å². The summed E-state index contributed by atoms with van der Waals surface area (Å²) in [7, 11) is 4.23. The molecule has 0 aromatic heterocycles. The summed E-state index contributed by atoms with van der Waals surface area (Å²) in [4.78, 5) is 2.07. The van der Waals surface area contributed by atoms with Crippen molar-refractivity contribution in [2.75, 3.05) is 66.6 Å². The van der Waals surface area contributed by atoms with Crippen molar-refractivity contribution in [3.63, 3.8) is 0 Å². The maximum absolute atomic E-state index is 13.3. The first-order chi connectivity index (χ1) is 15.2. The zero-order valence-electron chi connectivity index (χ0n) is 19.2. The van der Waals surface area contributed by atoms with Crippen molar-refractivity contribution in [1.29, 1.82) is 0 Å². The van der Waals surface area contributed by atoms with E-state index in [1.165, 1.54) is 18.4 Å². The second-order valence-electron chi connectivity index (χ2n) is 7.29. The van der Waals surface area contributed by atoms with E-state index in [0.717, 1.165) is 5.56 Å². The van der Waals surface area contributed by atoms with Crippen LogP contribution in [0.5, 0.6) is 11.5 Å². The van der Waals surface area contributed by atoms with Crippen molar-refractivity contribution in [3.8, 4) is 11.5 Å². The molecule has 0 heterocycles. The SMILES string of the molecule is CNCc1cc(N(CCOC)CCOC)c(Oc2cccc(Cl)c2)c(S(=O)(=O)N(C)C)c1. The summed E-state index contributed by atoms with van der Waals surface area (Å²) in [5, 5.41) is 3.58. The molecule has 32 heavy (non-hydrogen) atoms. The van der Waals surface area contributed by atoms with Crippen molar-refractivity contribution in [2.45, 2.75) is 11.4 Å². The highest BCUT2D eigenvalue weighted by Crippen LogP contribution is 2.41. The van der Waals surface area contributed by atoms with Crippen LogP contribution in [0.4, 0.5) is 5.69 Å². The molecule has 2 aromatic carbocycles. The van der Waals surface area contributed by atoms with E-state index in [-0.39, 0.29) is 10.6 Å². The maximum Gasteiger partial charge on any atom is 0.246 e. The smallest absolute Gasteiger partial charge is 0.246 e. The quantitative estimate of drug-likeness (QED) is 0.466. The zero-order chi connectivity index (χ0) is 23.7. The van der Waals surface area contributed by atoms with Gasteiger partial charge in [0.25, 0.3) is 0 Å². The number of benzene rings is 2. The lowest BCUT2D eigenvalue weighted by atomic mass is 10.1. The van der Waals surface area contributed by atoms with E-state index in [4.69, 9.17) is 25.8 Å². The molecule has 0 fully saturated rings. The molecule has 0 bridgehead atoms. The molecule has 0 spiro atoms. The predicted molar refractivity (Wildman–Crippen MR) is 128 cm³/mol. The minimum absolute atomic E-state index is 0.0741. The summed E-state index contributed by atoms with van der Waals surface area (Å²) in [6.45, 7) is 2.44. The molecule has 8 nitrogen and oxygen atoms in total. The molecule has 0 aliphatic rings. The number of halogens is 1. The molecule has 0 atom stereocenters. The molecule has 178 valence electrons. The van der Waals surface area contributed by atoms with Crippen LogP contribution in [0.25, 0.3) is 0 Å². The Hall–Kier alpha value is -1.88. The lowest BCUT2D eigenvalue weighted by Gasteiger charge is -2.29. The van der Waals surface area contributed by atoms with Crippen LogP contribution in [-0.2, 0) is 26.0 Å². The normalized spacial score (nSPS) is 11.7. The largest absolute Gasteiger partial charge is 0.454 e. The van der Waals surface area contributed by atoms with Gasteiger partial charge in [0.2, 0.25) is 10.0 Å². The minimum Gasteiger partial charge on any atom is -0.454 e. The Labute approximate surface area is 196 Å². The van der Waals surface area contributed by atoms with Crippen LogP contribution in [0.3, 0.4) is 0 Å². The number of ether oxygens (including phenoxy) is 3. The van der Waals surface area contributed by atoms with Crippen molar-refractivity contribution >= 4 is 27.3 Å². The molecule has 0 aliphatic heterocycles. The van der Waals surface area contributed by atoms with Gasteiger partial charge in [0.05, 0.1) is 18.9 Å². The van der Waals surface area contributed by atoms with E-state index < -0.39 is 10.0 Å². The third kappa shape index (κ3) is 6.81. The van der Waals surface area contributed by atoms with Crippen LogP contribution in [0.15, 0.2) is 41.3 Å². The van der Waals surface area contributed by atoms with Crippen LogP contribution >= 0.6 is 11.6 Å². The van der Waals surface area contributed by atoms with E-state index in [2.05, 4.69) is 5.32 Å². The van der Waals surface area contributed by atoms with Gasteiger partial charge in [-0.2, -0.15) is 0 Å². The van der Waals surface area contributed by atoms with Crippen molar-refractivity contribution in [3.05, 3.63) is 47.0 Å². The van der Waals surface area contributed by atoms with Crippen molar-refractivity contribution in [2.24, 2.45) is 0 Å². The fraction of sp³-hybridized carbons (Fsp3) is 0.455. The summed E-state index contributed by atoms with van der Waals surface area (Å²) in [5.74, 6) is 0.668. The Balaban J connectivity index is 2.77. The molecule has 0 amide bonds. The summed E-state index contributed by atoms with van der Waals surface area (Å²) >= 11 is 6.14. The van der Waals surface area contributed by atoms with Gasteiger partial charge in [-0.25, -0.2) is 12.7 Å². The van der Waals surface area contributed by atoms with Gasteiger partial charge in [0.15, 0.2) is 5.75 Å². The summed E-state index contributed by atoms with van der Waals surface area (Å²) < 4.78 is 44.5. The number of sulfonamides is 1. The Morgan fingerprint density at radius 2 is 1.69 bits per heavy atom. The minimum atomic E-state index is -3.82. The van der Waals surface area contributed by atoms with Gasteiger partial charge in [0, 0.05) is 53.0 Å². The van der Waals surface area contributed by atoms with Crippen molar-refractivity contribution < 1.29 is 22.6 Å². The van der Waals surface area contributed by atoms with E-state index in [1.807, 2.05) is 18.0 Å². The van der Waals surface area contributed by atoms with Gasteiger partial charge in [-0.05, 0) is 42.9 Å². The molecule has 0 aliphatic carbocycles. The molecule has 0 saturated heterocycles. The summed E-state index contributed by atoms with van der Waals surface area (Å²) in [5.41, 5.74) is 1.44. The Bertz CT molecular complexity index is 978. The van der Waals surface area contributed by atoms with Gasteiger partial charge in [0.1, 0.15) is 10.6 Å². The molecule has 2 aromatic rings. The molecule has 2 rings (SSSR count). The fourth-order valence-electron chi connectivity index (χ4n) is 3.08. The van der Waals surface area contributed by atoms with Crippen LogP contribution < -0.4 is 15.0 Å². The van der Waals surface area contributed by atoms with Gasteiger partial charge in [-0.3, -0.25) is 0 Å². The molecule has 10 heteroatoms. The van der Waals surface area contributed by atoms with Crippen LogP contribution in [0.2, 0.25) is 5.02 Å². The van der Waals surface area contributed by atoms with Gasteiger partial charge in [-0.15, -0.1) is 0 Å². The number of hydrogen-bond acceptors (Lipinski definition) is 7. The molecular weight excluding hydrogens is 454 g/mol. The van der Waals surface area contributed by atoms with E-state index in [0.29, 0.717) is 49.3 Å². The second-order valence-corrected chi connectivity index (χ2v) is 9.85. The standard InChI is InChI=1S/C22H32ClN3O5S/c1-24-16-17-13-20(26(9-11-29-4)10-12-30-5)22(21(14-17)32(27,28)25(2)3)31-19-8-6-7-18(23)15-19/h6-8,13-15,24H,9-12,16H2,1-5H3. The highest BCUT2D eigenvalue weighted by molar-refractivity contribution is 7.89. The summed E-state index contributed by atoms with van der Waals surface area (Å²) in [6.07, 6.45) is 0. The van der Waals surface area contributed by atoms with E-state index in [1.54, 1.807) is 44.6 Å². The topological polar surface area (TPSA) is 80.3 Å². The first-order valence-corrected chi connectivity index (χ1v) is 12.0. The number of nitrogens with one attached hydrogen (secondary N) is 1. The lowest BCUT2D eigenvalue weighted by molar-refractivity contribution is 0.190. The molecule has 0 unspecified atom stereocenters. The average molecular weight is 486 g/mol. The van der Waals surface area contributed by atoms with Crippen molar-refractivity contribution in [1.82, 2.24) is 9.62 Å². The molecule has 1 N–H and O–H groups in total. The zero-order valence-corrected chi connectivity index (χ0v) is 20.8. The number of methoxy groups -OCH3 is 2. The van der Waals surface area contributed by atoms with Gasteiger partial charge in [-0.1, -0.05) is 17.7 Å². The highest BCUT2D eigenvalue weighted by atomic mass is 35.5. The van der Waals surface area contributed by atoms with Crippen LogP contribution in [-0.4, -0.2) is 74.4 Å². The van der Waals surface area contributed by atoms with Crippen LogP contribution in [0, 0.1) is 0 Å². The van der Waals surface area contributed by atoms with E-state index >= 15 is 0 Å². The molecule has 0 radical (unpaired) electrons. The first-order valence-electron chi connectivity index (χ1n) is 10.1. The third-order valence-electron chi connectivity index (χ3n) is 4.72. The first kappa shape index (κ1) is 26.4. The van der Waals surface area contributed by atoms with Gasteiger partial charge < -0.3 is 24.4 Å². The Morgan fingerprint density at radius 3 is 2.22 bits per heavy atom. The average Bonchev–Trinajstić information content (AvgIpc) is 2.75. The number of rotatable bonds is 13. The molecular formula is C22H32ClN3O5S. The monoisotopic (exact) mass is 485 g/mol. The number of anilines is 1. The Morgan fingerprint density at radius 1 is 1.03 bits per heavy atom. The Kier molecular flexibility index (Phi) is 10.2. The summed E-state index contributed by atoms with van der Waals surface area (Å²) in [6, 6.07) is 10.4. The van der Waals surface area contributed by atoms with E-state index in [9.17, 15) is 8.42 Å². The highest BCUT2D eigenvalue weighted by Gasteiger charge is 2.28. The van der Waals surface area contributed by atoms with Crippen LogP contribution in [0.1, 0.15) is 5.56 Å². The predicted octanol–water partition coefficient (Wildman–Crippen LogP) is 3.20. The molecule has 0 saturated carbocycles. The second kappa shape index (κ2) is 12.4. The fourth-order valence-corrected chi connectivity index (χ4v) is 4.33. The number of hydrogen-bond donors (Lipinski definition) is 1. The lowest BCUT2D eigenvalue weighted by Crippen LogP contribution is -2.32. The number of nitrogens with zero attached hydrogens (tertiary/aromatic N) is 2. The maximum atomic E-state index is 13.3.